The largest absolute Gasteiger partial charge is 0.497 e. The van der Waals surface area contributed by atoms with E-state index in [9.17, 15) is 4.79 Å². The van der Waals surface area contributed by atoms with E-state index in [4.69, 9.17) is 9.47 Å². The number of aromatic amines is 1. The zero-order valence-corrected chi connectivity index (χ0v) is 16.5. The van der Waals surface area contributed by atoms with Crippen LogP contribution in [0, 0.1) is 0 Å². The Kier molecular flexibility index (Phi) is 5.43. The molecule has 3 aromatic carbocycles. The molecule has 7 nitrogen and oxygen atoms in total. The first kappa shape index (κ1) is 19.2. The van der Waals surface area contributed by atoms with E-state index in [0.717, 1.165) is 16.3 Å². The fourth-order valence-electron chi connectivity index (χ4n) is 3.10. The van der Waals surface area contributed by atoms with Crippen LogP contribution in [-0.2, 0) is 0 Å². The Hall–Kier alpha value is -4.13. The summed E-state index contributed by atoms with van der Waals surface area (Å²) in [5, 5.41) is 13.3. The number of ether oxygens (including phenoxy) is 2. The highest BCUT2D eigenvalue weighted by Crippen LogP contribution is 2.24. The van der Waals surface area contributed by atoms with Crippen LogP contribution in [0.25, 0.3) is 22.0 Å². The van der Waals surface area contributed by atoms with E-state index in [1.807, 2.05) is 36.4 Å². The number of aromatic nitrogens is 2. The lowest BCUT2D eigenvalue weighted by molar-refractivity contribution is 0.0950. The molecule has 1 aromatic heterocycles. The Morgan fingerprint density at radius 1 is 1.00 bits per heavy atom. The van der Waals surface area contributed by atoms with Crippen LogP contribution in [0.4, 0.5) is 0 Å². The average molecular weight is 400 g/mol. The van der Waals surface area contributed by atoms with Crippen molar-refractivity contribution in [2.24, 2.45) is 5.10 Å². The van der Waals surface area contributed by atoms with Gasteiger partial charge in [-0.05, 0) is 41.1 Å². The van der Waals surface area contributed by atoms with Gasteiger partial charge in [-0.3, -0.25) is 9.89 Å². The maximum absolute atomic E-state index is 12.4. The van der Waals surface area contributed by atoms with Gasteiger partial charge in [0.1, 0.15) is 17.2 Å². The van der Waals surface area contributed by atoms with E-state index in [-0.39, 0.29) is 0 Å². The van der Waals surface area contributed by atoms with Crippen LogP contribution >= 0.6 is 0 Å². The molecule has 2 N–H and O–H groups in total. The van der Waals surface area contributed by atoms with Crippen LogP contribution < -0.4 is 14.9 Å². The maximum atomic E-state index is 12.4. The van der Waals surface area contributed by atoms with E-state index in [1.165, 1.54) is 6.21 Å². The van der Waals surface area contributed by atoms with E-state index in [2.05, 4.69) is 26.8 Å². The van der Waals surface area contributed by atoms with Gasteiger partial charge in [0.2, 0.25) is 0 Å². The van der Waals surface area contributed by atoms with Gasteiger partial charge in [0.05, 0.1) is 26.1 Å². The van der Waals surface area contributed by atoms with Gasteiger partial charge in [-0.1, -0.05) is 36.4 Å². The molecule has 0 atom stereocenters. The number of hydrazone groups is 1. The molecule has 1 heterocycles. The van der Waals surface area contributed by atoms with Crippen molar-refractivity contribution in [1.82, 2.24) is 15.6 Å². The molecule has 0 saturated carbocycles. The number of methoxy groups -OCH3 is 2. The fraction of sp³-hybridized carbons (Fsp3) is 0.0870. The van der Waals surface area contributed by atoms with Crippen LogP contribution in [0.15, 0.2) is 71.8 Å². The number of benzene rings is 3. The molecule has 150 valence electrons. The van der Waals surface area contributed by atoms with Gasteiger partial charge in [-0.2, -0.15) is 10.2 Å². The van der Waals surface area contributed by atoms with Gasteiger partial charge in [-0.25, -0.2) is 5.43 Å². The topological polar surface area (TPSA) is 88.6 Å². The highest BCUT2D eigenvalue weighted by molar-refractivity contribution is 5.95. The third kappa shape index (κ3) is 4.00. The van der Waals surface area contributed by atoms with E-state index < -0.39 is 5.91 Å². The summed E-state index contributed by atoms with van der Waals surface area (Å²) >= 11 is 0. The zero-order chi connectivity index (χ0) is 20.9. The molecule has 1 amide bonds. The van der Waals surface area contributed by atoms with Crippen molar-refractivity contribution < 1.29 is 14.3 Å². The predicted octanol–water partition coefficient (Wildman–Crippen LogP) is 4.01. The van der Waals surface area contributed by atoms with Crippen molar-refractivity contribution in [1.29, 1.82) is 0 Å². The number of amides is 1. The third-order valence-electron chi connectivity index (χ3n) is 4.67. The summed E-state index contributed by atoms with van der Waals surface area (Å²) in [5.74, 6) is 0.888. The number of nitrogens with one attached hydrogen (secondary N) is 2. The second-order valence-electron chi connectivity index (χ2n) is 6.54. The van der Waals surface area contributed by atoms with E-state index in [1.54, 1.807) is 38.5 Å². The number of carbonyl (C=O) groups excluding carboxylic acids is 1. The molecule has 0 bridgehead atoms. The molecule has 0 radical (unpaired) electrons. The molecule has 4 aromatic rings. The van der Waals surface area contributed by atoms with Gasteiger partial charge in [0.15, 0.2) is 0 Å². The molecule has 7 heteroatoms. The molecule has 0 unspecified atom stereocenters. The Morgan fingerprint density at radius 2 is 1.83 bits per heavy atom. The van der Waals surface area contributed by atoms with Crippen molar-refractivity contribution in [3.63, 3.8) is 0 Å². The van der Waals surface area contributed by atoms with Gasteiger partial charge in [-0.15, -0.1) is 0 Å². The van der Waals surface area contributed by atoms with Crippen molar-refractivity contribution in [2.75, 3.05) is 14.2 Å². The Labute approximate surface area is 173 Å². The second-order valence-corrected chi connectivity index (χ2v) is 6.54. The quantitative estimate of drug-likeness (QED) is 0.378. The molecular formula is C23H20N4O3. The molecule has 0 spiro atoms. The van der Waals surface area contributed by atoms with Gasteiger partial charge in [0.25, 0.3) is 5.91 Å². The number of H-pyrrole nitrogens is 1. The van der Waals surface area contributed by atoms with Crippen molar-refractivity contribution in [3.8, 4) is 22.8 Å². The molecule has 0 aliphatic rings. The van der Waals surface area contributed by atoms with Gasteiger partial charge < -0.3 is 9.47 Å². The first-order chi connectivity index (χ1) is 14.7. The summed E-state index contributed by atoms with van der Waals surface area (Å²) in [6, 6.07) is 21.2. The monoisotopic (exact) mass is 400 g/mol. The molecule has 0 saturated heterocycles. The fourth-order valence-corrected chi connectivity index (χ4v) is 3.10. The average Bonchev–Trinajstić information content (AvgIpc) is 3.29. The van der Waals surface area contributed by atoms with Crippen LogP contribution in [0.2, 0.25) is 0 Å². The Balaban J connectivity index is 1.48. The summed E-state index contributed by atoms with van der Waals surface area (Å²) in [6.45, 7) is 0. The van der Waals surface area contributed by atoms with Crippen LogP contribution in [-0.4, -0.2) is 36.5 Å². The summed E-state index contributed by atoms with van der Waals surface area (Å²) < 4.78 is 10.5. The SMILES string of the molecule is COc1ccc(OC)c(/C=N\NC(=O)c2cc(-c3ccc4ccccc4c3)n[nH]2)c1. The minimum Gasteiger partial charge on any atom is -0.497 e. The molecule has 0 fully saturated rings. The Morgan fingerprint density at radius 3 is 2.63 bits per heavy atom. The standard InChI is InChI=1S/C23H20N4O3/c1-29-19-9-10-22(30-2)18(12-19)14-24-27-23(28)21-13-20(25-26-21)17-8-7-15-5-3-4-6-16(15)11-17/h3-14H,1-2H3,(H,25,26)(H,27,28)/b24-14-. The molecule has 4 rings (SSSR count). The van der Waals surface area contributed by atoms with Crippen molar-refractivity contribution >= 4 is 22.9 Å². The highest BCUT2D eigenvalue weighted by atomic mass is 16.5. The zero-order valence-electron chi connectivity index (χ0n) is 16.5. The maximum Gasteiger partial charge on any atom is 0.289 e. The number of nitrogens with zero attached hydrogens (tertiary/aromatic N) is 2. The number of carbonyl (C=O) groups is 1. The molecular weight excluding hydrogens is 380 g/mol. The highest BCUT2D eigenvalue weighted by Gasteiger charge is 2.11. The lowest BCUT2D eigenvalue weighted by Gasteiger charge is -2.06. The number of hydrogen-bond acceptors (Lipinski definition) is 5. The number of fused-ring (bicyclic) bond motifs is 1. The minimum atomic E-state index is -0.396. The lowest BCUT2D eigenvalue weighted by atomic mass is 10.1. The van der Waals surface area contributed by atoms with E-state index in [0.29, 0.717) is 28.5 Å². The number of hydrogen-bond donors (Lipinski definition) is 2. The van der Waals surface area contributed by atoms with Crippen molar-refractivity contribution in [2.45, 2.75) is 0 Å². The van der Waals surface area contributed by atoms with E-state index >= 15 is 0 Å². The molecule has 0 aliphatic heterocycles. The Bertz CT molecular complexity index is 1230. The predicted molar refractivity (Wildman–Crippen MR) is 116 cm³/mol. The first-order valence-corrected chi connectivity index (χ1v) is 9.28. The summed E-state index contributed by atoms with van der Waals surface area (Å²) in [6.07, 6.45) is 1.50. The van der Waals surface area contributed by atoms with Crippen LogP contribution in [0.3, 0.4) is 0 Å². The summed E-state index contributed by atoms with van der Waals surface area (Å²) in [5.41, 5.74) is 5.09. The van der Waals surface area contributed by atoms with Crippen LogP contribution in [0.1, 0.15) is 16.1 Å². The summed E-state index contributed by atoms with van der Waals surface area (Å²) in [4.78, 5) is 12.4. The van der Waals surface area contributed by atoms with Crippen molar-refractivity contribution in [3.05, 3.63) is 78.0 Å². The van der Waals surface area contributed by atoms with Crippen LogP contribution in [0.5, 0.6) is 11.5 Å². The number of rotatable bonds is 6. The molecule has 30 heavy (non-hydrogen) atoms. The van der Waals surface area contributed by atoms with Gasteiger partial charge >= 0.3 is 0 Å². The molecule has 0 aliphatic carbocycles. The smallest absolute Gasteiger partial charge is 0.289 e. The lowest BCUT2D eigenvalue weighted by Crippen LogP contribution is -2.18. The second kappa shape index (κ2) is 8.48. The first-order valence-electron chi connectivity index (χ1n) is 9.28. The summed E-state index contributed by atoms with van der Waals surface area (Å²) in [7, 11) is 3.15. The normalized spacial score (nSPS) is 11.0. The minimum absolute atomic E-state index is 0.313. The van der Waals surface area contributed by atoms with Gasteiger partial charge in [0, 0.05) is 11.1 Å². The third-order valence-corrected chi connectivity index (χ3v) is 4.67.